The van der Waals surface area contributed by atoms with Crippen molar-refractivity contribution in [3.05, 3.63) is 151 Å². The molecule has 3 aromatic heterocycles. The molecule has 0 N–H and O–H groups in total. The van der Waals surface area contributed by atoms with Gasteiger partial charge in [-0.05, 0) is 73.5 Å². The van der Waals surface area contributed by atoms with E-state index < -0.39 is 0 Å². The van der Waals surface area contributed by atoms with E-state index in [-0.39, 0.29) is 10.8 Å². The van der Waals surface area contributed by atoms with Crippen molar-refractivity contribution in [2.45, 2.75) is 52.4 Å². The molecule has 0 saturated carbocycles. The number of nitrogens with zero attached hydrogens (tertiary/aromatic N) is 1. The van der Waals surface area contributed by atoms with Crippen LogP contribution in [-0.2, 0) is 10.8 Å². The molecule has 3 heteroatoms. The first-order chi connectivity index (χ1) is 25.0. The van der Waals surface area contributed by atoms with Crippen LogP contribution in [0.15, 0.2) is 140 Å². The van der Waals surface area contributed by atoms with Crippen molar-refractivity contribution in [1.82, 2.24) is 4.98 Å². The fraction of sp³-hybridized carbons (Fsp3) is 0.163. The Morgan fingerprint density at radius 3 is 1.13 bits per heavy atom. The molecule has 9 rings (SSSR count). The lowest BCUT2D eigenvalue weighted by Crippen LogP contribution is -2.10. The van der Waals surface area contributed by atoms with Crippen LogP contribution in [0.1, 0.15) is 52.7 Å². The Labute approximate surface area is 314 Å². The maximum absolute atomic E-state index is 4.77. The van der Waals surface area contributed by atoms with Gasteiger partial charge in [0.1, 0.15) is 0 Å². The third-order valence-electron chi connectivity index (χ3n) is 10.4. The highest BCUT2D eigenvalue weighted by Gasteiger charge is 2.22. The zero-order valence-electron chi connectivity index (χ0n) is 30.5. The number of aromatic nitrogens is 1. The molecule has 1 nitrogen and oxygen atoms in total. The van der Waals surface area contributed by atoms with Crippen LogP contribution in [0.3, 0.4) is 0 Å². The molecule has 0 aliphatic heterocycles. The summed E-state index contributed by atoms with van der Waals surface area (Å²) in [5.74, 6) is 0. The van der Waals surface area contributed by atoms with E-state index >= 15 is 0 Å². The third kappa shape index (κ3) is 5.55. The van der Waals surface area contributed by atoms with Crippen molar-refractivity contribution in [2.24, 2.45) is 0 Å². The average Bonchev–Trinajstić information content (AvgIpc) is 3.73. The average molecular weight is 708 g/mol. The molecular formula is C49H41NS2. The normalized spacial score (nSPS) is 12.4. The zero-order valence-corrected chi connectivity index (χ0v) is 32.2. The molecule has 0 fully saturated rings. The minimum absolute atomic E-state index is 0.0834. The van der Waals surface area contributed by atoms with Crippen LogP contribution in [0.25, 0.3) is 84.9 Å². The van der Waals surface area contributed by atoms with Crippen LogP contribution in [0.2, 0.25) is 0 Å². The number of hydrogen-bond acceptors (Lipinski definition) is 3. The maximum atomic E-state index is 4.77. The predicted molar refractivity (Wildman–Crippen MR) is 229 cm³/mol. The highest BCUT2D eigenvalue weighted by atomic mass is 32.1. The second-order valence-corrected chi connectivity index (χ2v) is 18.1. The molecule has 52 heavy (non-hydrogen) atoms. The Morgan fingerprint density at radius 1 is 0.365 bits per heavy atom. The zero-order chi connectivity index (χ0) is 35.8. The molecular weight excluding hydrogens is 667 g/mol. The van der Waals surface area contributed by atoms with Gasteiger partial charge in [0.2, 0.25) is 0 Å². The highest BCUT2D eigenvalue weighted by molar-refractivity contribution is 7.27. The molecule has 0 atom stereocenters. The van der Waals surface area contributed by atoms with E-state index in [0.29, 0.717) is 0 Å². The van der Waals surface area contributed by atoms with Gasteiger partial charge >= 0.3 is 0 Å². The van der Waals surface area contributed by atoms with Crippen molar-refractivity contribution in [3.63, 3.8) is 0 Å². The largest absolute Gasteiger partial charge is 0.263 e. The minimum Gasteiger partial charge on any atom is -0.263 e. The van der Waals surface area contributed by atoms with Crippen molar-refractivity contribution in [3.8, 4) is 44.5 Å². The Morgan fingerprint density at radius 2 is 0.712 bits per heavy atom. The summed E-state index contributed by atoms with van der Waals surface area (Å²) < 4.78 is 5.48. The van der Waals surface area contributed by atoms with Gasteiger partial charge in [-0.15, -0.1) is 22.7 Å². The number of fused-ring (bicyclic) bond motifs is 6. The van der Waals surface area contributed by atoms with Crippen LogP contribution in [0.5, 0.6) is 0 Å². The lowest BCUT2D eigenvalue weighted by atomic mass is 9.86. The summed E-state index contributed by atoms with van der Waals surface area (Å²) in [7, 11) is 0. The van der Waals surface area contributed by atoms with Gasteiger partial charge in [-0.1, -0.05) is 151 Å². The van der Waals surface area contributed by atoms with Gasteiger partial charge in [-0.2, -0.15) is 0 Å². The smallest absolute Gasteiger partial charge is 0.0433 e. The van der Waals surface area contributed by atoms with E-state index in [1.165, 1.54) is 84.9 Å². The molecule has 0 radical (unpaired) electrons. The molecule has 0 spiro atoms. The lowest BCUT2D eigenvalue weighted by molar-refractivity contribution is 0.596. The van der Waals surface area contributed by atoms with E-state index in [0.717, 1.165) is 11.1 Å². The summed E-state index contributed by atoms with van der Waals surface area (Å²) in [6.07, 6.45) is 3.99. The van der Waals surface area contributed by atoms with Crippen LogP contribution in [-0.4, -0.2) is 4.98 Å². The Balaban J connectivity index is 1.10. The molecule has 0 amide bonds. The van der Waals surface area contributed by atoms with Gasteiger partial charge in [-0.3, -0.25) is 4.98 Å². The van der Waals surface area contributed by atoms with Gasteiger partial charge in [0.05, 0.1) is 0 Å². The molecule has 3 heterocycles. The van der Waals surface area contributed by atoms with Crippen molar-refractivity contribution in [1.29, 1.82) is 0 Å². The SMILES string of the molecule is CC(C)(C)c1cccc2c1sc1c(-c3cccc(-c4cncc(-c5cccc(-c6cccc7c6sc6c(C(C)(C)C)cccc67)c5)c4)c3)cccc12. The van der Waals surface area contributed by atoms with Crippen molar-refractivity contribution >= 4 is 63.0 Å². The Hall–Kier alpha value is -5.09. The molecule has 0 unspecified atom stereocenters. The summed E-state index contributed by atoms with van der Waals surface area (Å²) in [5.41, 5.74) is 12.6. The van der Waals surface area contributed by atoms with Crippen molar-refractivity contribution < 1.29 is 0 Å². The van der Waals surface area contributed by atoms with Gasteiger partial charge in [0, 0.05) is 63.9 Å². The van der Waals surface area contributed by atoms with E-state index in [2.05, 4.69) is 169 Å². The predicted octanol–water partition coefficient (Wildman–Crippen LogP) is 15.1. The van der Waals surface area contributed by atoms with Crippen LogP contribution in [0.4, 0.5) is 0 Å². The molecule has 0 saturated heterocycles. The minimum atomic E-state index is 0.0834. The topological polar surface area (TPSA) is 12.9 Å². The number of rotatable bonds is 4. The summed E-state index contributed by atoms with van der Waals surface area (Å²) in [5, 5.41) is 5.36. The highest BCUT2D eigenvalue weighted by Crippen LogP contribution is 2.46. The van der Waals surface area contributed by atoms with Crippen LogP contribution >= 0.6 is 22.7 Å². The number of thiophene rings is 2. The quantitative estimate of drug-likeness (QED) is 0.177. The first-order valence-corrected chi connectivity index (χ1v) is 19.7. The number of pyridine rings is 1. The monoisotopic (exact) mass is 707 g/mol. The van der Waals surface area contributed by atoms with Gasteiger partial charge < -0.3 is 0 Å². The number of hydrogen-bond donors (Lipinski definition) is 0. The van der Waals surface area contributed by atoms with Crippen LogP contribution in [0, 0.1) is 0 Å². The summed E-state index contributed by atoms with van der Waals surface area (Å²) in [6.45, 7) is 13.9. The fourth-order valence-electron chi connectivity index (χ4n) is 7.76. The molecule has 0 bridgehead atoms. The third-order valence-corrected chi connectivity index (χ3v) is 13.0. The Kier molecular flexibility index (Phi) is 7.73. The first kappa shape index (κ1) is 32.8. The van der Waals surface area contributed by atoms with Crippen LogP contribution < -0.4 is 0 Å². The maximum Gasteiger partial charge on any atom is 0.0433 e. The van der Waals surface area contributed by atoms with E-state index in [9.17, 15) is 0 Å². The fourth-order valence-corrected chi connectivity index (χ4v) is 10.9. The molecule has 9 aromatic rings. The number of benzene rings is 6. The molecule has 254 valence electrons. The first-order valence-electron chi connectivity index (χ1n) is 18.1. The van der Waals surface area contributed by atoms with Gasteiger partial charge in [-0.25, -0.2) is 0 Å². The van der Waals surface area contributed by atoms with E-state index in [4.69, 9.17) is 4.98 Å². The summed E-state index contributed by atoms with van der Waals surface area (Å²) in [6, 6.07) is 47.3. The standard InChI is InChI=1S/C49H41NS2/c1-48(2,3)42-23-11-21-40-38-19-9-17-36(44(38)51-46(40)42)32-15-7-13-30(25-32)34-27-35(29-50-28-34)31-14-8-16-33(26-31)37-18-10-20-39-41-22-12-24-43(49(4,5)6)47(41)52-45(37)39/h7-29H,1-6H3. The lowest BCUT2D eigenvalue weighted by Gasteiger charge is -2.19. The second-order valence-electron chi connectivity index (χ2n) is 16.1. The Bertz CT molecular complexity index is 2630. The second kappa shape index (κ2) is 12.3. The molecule has 0 aliphatic carbocycles. The summed E-state index contributed by atoms with van der Waals surface area (Å²) >= 11 is 3.86. The summed E-state index contributed by atoms with van der Waals surface area (Å²) in [4.78, 5) is 4.77. The van der Waals surface area contributed by atoms with E-state index in [1.54, 1.807) is 0 Å². The van der Waals surface area contributed by atoms with Gasteiger partial charge in [0.15, 0.2) is 0 Å². The molecule has 0 aliphatic rings. The molecule has 6 aromatic carbocycles. The van der Waals surface area contributed by atoms with E-state index in [1.807, 2.05) is 35.1 Å². The van der Waals surface area contributed by atoms with Crippen molar-refractivity contribution in [2.75, 3.05) is 0 Å². The van der Waals surface area contributed by atoms with Gasteiger partial charge in [0.25, 0.3) is 0 Å².